The number of aliphatic imine (C=N–C) groups is 1. The summed E-state index contributed by atoms with van der Waals surface area (Å²) >= 11 is 0. The summed E-state index contributed by atoms with van der Waals surface area (Å²) < 4.78 is 0. The zero-order chi connectivity index (χ0) is 48.2. The predicted octanol–water partition coefficient (Wildman–Crippen LogP) is -3.29. The summed E-state index contributed by atoms with van der Waals surface area (Å²) in [4.78, 5) is 138. The van der Waals surface area contributed by atoms with E-state index in [4.69, 9.17) is 17.2 Å². The normalized spacial score (nSPS) is 23.8. The highest BCUT2D eigenvalue weighted by molar-refractivity contribution is 6.09. The van der Waals surface area contributed by atoms with Gasteiger partial charge in [0.2, 0.25) is 41.4 Å². The molecule has 24 nitrogen and oxygen atoms in total. The number of imide groups is 1. The predicted molar refractivity (Wildman–Crippen MR) is 239 cm³/mol. The largest absolute Gasteiger partial charge is 0.370 e. The van der Waals surface area contributed by atoms with Crippen molar-refractivity contribution in [2.24, 2.45) is 22.2 Å². The molecule has 2 bridgehead atoms. The van der Waals surface area contributed by atoms with Gasteiger partial charge in [0.1, 0.15) is 42.3 Å². The van der Waals surface area contributed by atoms with Crippen molar-refractivity contribution < 1.29 is 43.2 Å². The zero-order valence-corrected chi connectivity index (χ0v) is 36.4. The van der Waals surface area contributed by atoms with E-state index in [1.807, 2.05) is 6.07 Å². The van der Waals surface area contributed by atoms with Crippen LogP contribution in [0.5, 0.6) is 0 Å². The Hall–Kier alpha value is -8.31. The number of carbonyl (C=O) groups is 9. The van der Waals surface area contributed by atoms with Gasteiger partial charge < -0.3 is 64.4 Å². The number of imidazole rings is 1. The molecule has 10 amide bonds. The van der Waals surface area contributed by atoms with E-state index in [1.54, 1.807) is 54.7 Å². The maximum atomic E-state index is 14.5. The van der Waals surface area contributed by atoms with Crippen LogP contribution in [0, 0.1) is 0 Å². The van der Waals surface area contributed by atoms with Gasteiger partial charge >= 0.3 is 6.03 Å². The van der Waals surface area contributed by atoms with Crippen molar-refractivity contribution >= 4 is 70.2 Å². The molecule has 7 atom stereocenters. The first kappa shape index (κ1) is 48.2. The third kappa shape index (κ3) is 12.7. The summed E-state index contributed by atoms with van der Waals surface area (Å²) in [7, 11) is 0. The molecule has 15 N–H and O–H groups in total. The lowest BCUT2D eigenvalue weighted by molar-refractivity contribution is -0.138. The van der Waals surface area contributed by atoms with Crippen molar-refractivity contribution in [1.82, 2.24) is 57.1 Å². The number of guanidine groups is 1. The van der Waals surface area contributed by atoms with Gasteiger partial charge in [0.25, 0.3) is 5.91 Å². The first-order valence-corrected chi connectivity index (χ1v) is 21.4. The number of nitrogens with zero attached hydrogens (tertiary/aromatic N) is 3. The lowest BCUT2D eigenvalue weighted by Gasteiger charge is -2.28. The number of hydrogen-bond acceptors (Lipinski definition) is 11. The number of nitrogens with two attached hydrogens (primary N) is 3. The summed E-state index contributed by atoms with van der Waals surface area (Å²) in [6.07, 6.45) is 3.45. The van der Waals surface area contributed by atoms with Gasteiger partial charge in [-0.2, -0.15) is 0 Å². The molecular formula is C43H53N15O9. The third-order valence-corrected chi connectivity index (χ3v) is 11.2. The molecule has 4 heterocycles. The number of para-hydroxylation sites is 1. The molecule has 0 saturated carbocycles. The molecular weight excluding hydrogens is 871 g/mol. The Balaban J connectivity index is 1.38. The Labute approximate surface area is 382 Å². The summed E-state index contributed by atoms with van der Waals surface area (Å²) in [5.74, 6) is -7.38. The minimum Gasteiger partial charge on any atom is -0.370 e. The van der Waals surface area contributed by atoms with Gasteiger partial charge in [-0.1, -0.05) is 48.5 Å². The molecule has 2 aliphatic rings. The van der Waals surface area contributed by atoms with Gasteiger partial charge in [-0.05, 0) is 37.0 Å². The standard InChI is InChI=1S/C43H53N15O9/c1-22-36(61)53-31(16-25-19-47-21-51-25)40(65)54-29(14-23-8-3-2-4-9-23)38(63)52-28(12-7-13-48-42(45)46)37(62)55-30(15-24-18-49-27-11-6-5-10-26(24)27)39(64)56-33(35(44)60)20-50-34(59)17-32-41(66)58(22)43(67)57-32/h2-6,8-11,18-19,21-22,28-33,49H,7,12-17,20H2,1H3,(H2,44,60)(H,47,51)(H,50,59)(H,52,63)(H,53,61)(H,54,65)(H,55,62)(H,56,64)(H,57,67)(H4,45,46,48)/t22-,28+,29-,30+,31+,32+,33+/m1/s1. The smallest absolute Gasteiger partial charge is 0.325 e. The topological polar surface area (TPSA) is 376 Å². The molecule has 6 rings (SSSR count). The van der Waals surface area contributed by atoms with Crippen LogP contribution in [0.4, 0.5) is 4.79 Å². The maximum Gasteiger partial charge on any atom is 0.325 e. The average Bonchev–Trinajstić information content (AvgIpc) is 4.03. The average molecular weight is 924 g/mol. The van der Waals surface area contributed by atoms with E-state index in [1.165, 1.54) is 19.4 Å². The van der Waals surface area contributed by atoms with Crippen LogP contribution in [-0.2, 0) is 57.6 Å². The molecule has 0 aliphatic carbocycles. The number of H-pyrrole nitrogens is 2. The Morgan fingerprint density at radius 2 is 1.36 bits per heavy atom. The van der Waals surface area contributed by atoms with Crippen molar-refractivity contribution in [3.05, 3.63) is 90.1 Å². The van der Waals surface area contributed by atoms with Crippen LogP contribution in [0.15, 0.2) is 78.3 Å². The molecule has 67 heavy (non-hydrogen) atoms. The van der Waals surface area contributed by atoms with Gasteiger partial charge in [0.15, 0.2) is 5.96 Å². The van der Waals surface area contributed by atoms with Gasteiger partial charge in [0, 0.05) is 61.3 Å². The first-order valence-electron chi connectivity index (χ1n) is 21.4. The molecule has 2 fully saturated rings. The molecule has 354 valence electrons. The molecule has 2 aromatic heterocycles. The monoisotopic (exact) mass is 923 g/mol. The van der Waals surface area contributed by atoms with Gasteiger partial charge in [0.05, 0.1) is 12.7 Å². The van der Waals surface area contributed by atoms with Gasteiger partial charge in [-0.15, -0.1) is 0 Å². The SMILES string of the molecule is C[C@@H]1C(=O)N[C@@H](Cc2cnc[nH]2)C(=O)N[C@H](Cc2ccccc2)C(=O)N[C@@H](CCCN=C(N)N)C(=O)N[C@@H](Cc2c[nH]c3ccccc23)C(=O)N[C@H](C(N)=O)CNC(=O)C[C@@H]2NC(=O)N1C2=O. The van der Waals surface area contributed by atoms with Crippen LogP contribution in [0.1, 0.15) is 43.0 Å². The van der Waals surface area contributed by atoms with Gasteiger partial charge in [-0.25, -0.2) is 9.78 Å². The van der Waals surface area contributed by atoms with E-state index in [-0.39, 0.29) is 44.6 Å². The van der Waals surface area contributed by atoms with Crippen LogP contribution < -0.4 is 54.4 Å². The lowest BCUT2D eigenvalue weighted by Crippen LogP contribution is -2.61. The van der Waals surface area contributed by atoms with Crippen molar-refractivity contribution in [3.8, 4) is 0 Å². The van der Waals surface area contributed by atoms with Crippen molar-refractivity contribution in [2.45, 2.75) is 87.7 Å². The Bertz CT molecular complexity index is 2510. The number of hydrogen-bond donors (Lipinski definition) is 12. The van der Waals surface area contributed by atoms with Crippen LogP contribution in [-0.4, -0.2) is 134 Å². The number of fused-ring (bicyclic) bond motifs is 3. The molecule has 0 spiro atoms. The van der Waals surface area contributed by atoms with Crippen LogP contribution in [0.2, 0.25) is 0 Å². The van der Waals surface area contributed by atoms with E-state index in [2.05, 4.69) is 57.2 Å². The number of urea groups is 1. The highest BCUT2D eigenvalue weighted by atomic mass is 16.2. The fraction of sp³-hybridized carbons (Fsp3) is 0.372. The third-order valence-electron chi connectivity index (χ3n) is 11.2. The fourth-order valence-electron chi connectivity index (χ4n) is 7.64. The minimum absolute atomic E-state index is 0.0518. The van der Waals surface area contributed by atoms with Crippen molar-refractivity contribution in [3.63, 3.8) is 0 Å². The second kappa shape index (κ2) is 22.1. The summed E-state index contributed by atoms with van der Waals surface area (Å²) in [5.41, 5.74) is 19.1. The highest BCUT2D eigenvalue weighted by Crippen LogP contribution is 2.20. The first-order chi connectivity index (χ1) is 32.1. The fourth-order valence-corrected chi connectivity index (χ4v) is 7.64. The molecule has 2 aromatic carbocycles. The van der Waals surface area contributed by atoms with Crippen molar-refractivity contribution in [2.75, 3.05) is 13.1 Å². The quantitative estimate of drug-likeness (QED) is 0.0305. The molecule has 24 heteroatoms. The van der Waals surface area contributed by atoms with Crippen LogP contribution in [0.3, 0.4) is 0 Å². The van der Waals surface area contributed by atoms with Crippen LogP contribution in [0.25, 0.3) is 10.9 Å². The number of primary amides is 1. The van der Waals surface area contributed by atoms with E-state index >= 15 is 0 Å². The molecule has 2 saturated heterocycles. The van der Waals surface area contributed by atoms with E-state index in [9.17, 15) is 43.2 Å². The summed E-state index contributed by atoms with van der Waals surface area (Å²) in [6.45, 7) is 0.740. The molecule has 0 radical (unpaired) electrons. The molecule has 4 aromatic rings. The second-order valence-corrected chi connectivity index (χ2v) is 16.1. The Kier molecular flexibility index (Phi) is 15.8. The minimum atomic E-state index is -1.54. The number of carbonyl (C=O) groups excluding carboxylic acids is 9. The number of amides is 10. The number of nitrogens with one attached hydrogen (secondary N) is 9. The zero-order valence-electron chi connectivity index (χ0n) is 36.4. The number of aromatic nitrogens is 3. The number of rotatable bonds is 11. The molecule has 2 aliphatic heterocycles. The number of aromatic amines is 2. The van der Waals surface area contributed by atoms with E-state index in [0.29, 0.717) is 21.7 Å². The molecule has 0 unspecified atom stereocenters. The Morgan fingerprint density at radius 3 is 2.04 bits per heavy atom. The summed E-state index contributed by atoms with van der Waals surface area (Å²) in [5, 5.41) is 18.7. The van der Waals surface area contributed by atoms with E-state index in [0.717, 1.165) is 10.9 Å². The van der Waals surface area contributed by atoms with Gasteiger partial charge in [-0.3, -0.25) is 48.2 Å². The van der Waals surface area contributed by atoms with Crippen LogP contribution >= 0.6 is 0 Å². The lowest BCUT2D eigenvalue weighted by atomic mass is 10.0. The van der Waals surface area contributed by atoms with Crippen molar-refractivity contribution in [1.29, 1.82) is 0 Å². The summed E-state index contributed by atoms with van der Waals surface area (Å²) in [6, 6.07) is 4.76. The maximum absolute atomic E-state index is 14.5. The Morgan fingerprint density at radius 1 is 0.731 bits per heavy atom. The van der Waals surface area contributed by atoms with E-state index < -0.39 is 109 Å². The second-order valence-electron chi connectivity index (χ2n) is 16.1. The number of benzene rings is 2. The highest BCUT2D eigenvalue weighted by Gasteiger charge is 2.44.